The lowest BCUT2D eigenvalue weighted by Crippen LogP contribution is -2.14. The summed E-state index contributed by atoms with van der Waals surface area (Å²) < 4.78 is 4.53. The van der Waals surface area contributed by atoms with Crippen molar-refractivity contribution in [2.24, 2.45) is 0 Å². The number of nitro benzene ring substituents is 1. The minimum Gasteiger partial charge on any atom is -0.465 e. The van der Waals surface area contributed by atoms with Crippen LogP contribution in [0.25, 0.3) is 0 Å². The molecular formula is C14H15NO5. The first-order valence-electron chi connectivity index (χ1n) is 5.98. The number of nitro groups is 1. The van der Waals surface area contributed by atoms with Gasteiger partial charge in [0.05, 0.1) is 18.0 Å². The molecule has 0 bridgehead atoms. The van der Waals surface area contributed by atoms with Crippen LogP contribution in [0.2, 0.25) is 0 Å². The minimum atomic E-state index is -0.815. The van der Waals surface area contributed by atoms with Gasteiger partial charge in [-0.05, 0) is 6.07 Å². The van der Waals surface area contributed by atoms with E-state index in [4.69, 9.17) is 0 Å². The zero-order valence-corrected chi connectivity index (χ0v) is 11.3. The first-order chi connectivity index (χ1) is 9.47. The van der Waals surface area contributed by atoms with E-state index in [1.165, 1.54) is 24.3 Å². The average Bonchev–Trinajstić information content (AvgIpc) is 2.46. The minimum absolute atomic E-state index is 0.153. The van der Waals surface area contributed by atoms with Crippen LogP contribution >= 0.6 is 0 Å². The Morgan fingerprint density at radius 1 is 1.50 bits per heavy atom. The number of nitrogens with zero attached hydrogens (tertiary/aromatic N) is 1. The second kappa shape index (κ2) is 6.60. The van der Waals surface area contributed by atoms with Gasteiger partial charge in [-0.2, -0.15) is 0 Å². The lowest BCUT2D eigenvalue weighted by atomic mass is 9.90. The van der Waals surface area contributed by atoms with Crippen molar-refractivity contribution in [2.45, 2.75) is 19.3 Å². The molecule has 6 nitrogen and oxygen atoms in total. The smallest absolute Gasteiger partial charge is 0.344 e. The van der Waals surface area contributed by atoms with Gasteiger partial charge in [-0.1, -0.05) is 25.1 Å². The molecule has 1 rings (SSSR count). The zero-order valence-electron chi connectivity index (χ0n) is 11.3. The second-order valence-corrected chi connectivity index (χ2v) is 4.03. The fourth-order valence-corrected chi connectivity index (χ4v) is 1.94. The Balaban J connectivity index is 3.54. The summed E-state index contributed by atoms with van der Waals surface area (Å²) in [5.74, 6) is -1.83. The highest BCUT2D eigenvalue weighted by molar-refractivity contribution is 5.96. The molecule has 1 unspecified atom stereocenters. The van der Waals surface area contributed by atoms with E-state index in [1.54, 1.807) is 6.92 Å². The summed E-state index contributed by atoms with van der Waals surface area (Å²) in [5.41, 5.74) is -0.434. The van der Waals surface area contributed by atoms with Crippen LogP contribution < -0.4 is 0 Å². The maximum absolute atomic E-state index is 11.9. The van der Waals surface area contributed by atoms with Gasteiger partial charge < -0.3 is 4.74 Å². The zero-order chi connectivity index (χ0) is 15.3. The van der Waals surface area contributed by atoms with Crippen LogP contribution in [-0.4, -0.2) is 23.8 Å². The van der Waals surface area contributed by atoms with Crippen molar-refractivity contribution in [3.63, 3.8) is 0 Å². The lowest BCUT2D eigenvalue weighted by Gasteiger charge is -2.12. The fraction of sp³-hybridized carbons (Fsp3) is 0.286. The molecule has 1 atom stereocenters. The van der Waals surface area contributed by atoms with E-state index in [0.717, 1.165) is 7.11 Å². The van der Waals surface area contributed by atoms with Crippen molar-refractivity contribution in [1.82, 2.24) is 0 Å². The van der Waals surface area contributed by atoms with Crippen LogP contribution in [0, 0.1) is 10.1 Å². The number of ketones is 1. The second-order valence-electron chi connectivity index (χ2n) is 4.03. The van der Waals surface area contributed by atoms with Crippen molar-refractivity contribution in [3.8, 4) is 0 Å². The molecule has 1 aromatic carbocycles. The monoisotopic (exact) mass is 277 g/mol. The van der Waals surface area contributed by atoms with Crippen molar-refractivity contribution in [3.05, 3.63) is 52.1 Å². The molecule has 20 heavy (non-hydrogen) atoms. The third kappa shape index (κ3) is 2.90. The SMILES string of the molecule is C=CC(C(=O)CC)c1cccc(C(=O)OC)c1[N+](=O)[O-]. The normalized spacial score (nSPS) is 11.5. The standard InChI is InChI=1S/C14H15NO5/c1-4-9(12(16)5-2)10-7-6-8-11(14(17)20-3)13(10)15(18)19/h4,6-9H,1,5H2,2-3H3. The summed E-state index contributed by atoms with van der Waals surface area (Å²) in [6, 6.07) is 4.22. The van der Waals surface area contributed by atoms with Crippen molar-refractivity contribution < 1.29 is 19.2 Å². The molecule has 0 spiro atoms. The number of benzene rings is 1. The van der Waals surface area contributed by atoms with Crippen LogP contribution in [0.3, 0.4) is 0 Å². The first kappa shape index (κ1) is 15.6. The molecular weight excluding hydrogens is 262 g/mol. The largest absolute Gasteiger partial charge is 0.465 e. The molecule has 0 aliphatic rings. The maximum atomic E-state index is 11.9. The van der Waals surface area contributed by atoms with E-state index in [1.807, 2.05) is 0 Å². The molecule has 106 valence electrons. The van der Waals surface area contributed by atoms with Crippen LogP contribution in [0.1, 0.15) is 35.2 Å². The van der Waals surface area contributed by atoms with E-state index in [2.05, 4.69) is 11.3 Å². The highest BCUT2D eigenvalue weighted by Gasteiger charge is 2.30. The molecule has 0 radical (unpaired) electrons. The number of carbonyl (C=O) groups excluding carboxylic acids is 2. The highest BCUT2D eigenvalue weighted by Crippen LogP contribution is 2.32. The Labute approximate surface area is 116 Å². The number of esters is 1. The van der Waals surface area contributed by atoms with Gasteiger partial charge in [0.25, 0.3) is 5.69 Å². The van der Waals surface area contributed by atoms with Crippen LogP contribution in [-0.2, 0) is 9.53 Å². The van der Waals surface area contributed by atoms with Gasteiger partial charge in [-0.3, -0.25) is 14.9 Å². The van der Waals surface area contributed by atoms with Crippen molar-refractivity contribution >= 4 is 17.4 Å². The molecule has 0 heterocycles. The molecule has 0 N–H and O–H groups in total. The number of para-hydroxylation sites is 1. The number of Topliss-reactive ketones (excluding diaryl/α,β-unsaturated/α-hetero) is 1. The molecule has 0 aliphatic carbocycles. The van der Waals surface area contributed by atoms with E-state index in [0.29, 0.717) is 0 Å². The molecule has 0 aromatic heterocycles. The summed E-state index contributed by atoms with van der Waals surface area (Å²) in [7, 11) is 1.14. The Kier molecular flexibility index (Phi) is 5.14. The Morgan fingerprint density at radius 3 is 2.60 bits per heavy atom. The molecule has 0 fully saturated rings. The topological polar surface area (TPSA) is 86.5 Å². The quantitative estimate of drug-likeness (QED) is 0.345. The Bertz CT molecular complexity index is 565. The highest BCUT2D eigenvalue weighted by atomic mass is 16.6. The van der Waals surface area contributed by atoms with Crippen LogP contribution in [0.15, 0.2) is 30.9 Å². The number of hydrogen-bond acceptors (Lipinski definition) is 5. The number of rotatable bonds is 6. The molecule has 1 aromatic rings. The Morgan fingerprint density at radius 2 is 2.15 bits per heavy atom. The number of methoxy groups -OCH3 is 1. The van der Waals surface area contributed by atoms with Crippen molar-refractivity contribution in [2.75, 3.05) is 7.11 Å². The van der Waals surface area contributed by atoms with Gasteiger partial charge in [0.1, 0.15) is 11.3 Å². The molecule has 0 amide bonds. The first-order valence-corrected chi connectivity index (χ1v) is 5.98. The van der Waals surface area contributed by atoms with Gasteiger partial charge in [0.2, 0.25) is 0 Å². The Hall–Kier alpha value is -2.50. The van der Waals surface area contributed by atoms with E-state index >= 15 is 0 Å². The van der Waals surface area contributed by atoms with Gasteiger partial charge in [0, 0.05) is 12.0 Å². The van der Waals surface area contributed by atoms with Crippen LogP contribution in [0.5, 0.6) is 0 Å². The van der Waals surface area contributed by atoms with Gasteiger partial charge in [-0.25, -0.2) is 4.79 Å². The van der Waals surface area contributed by atoms with Crippen LogP contribution in [0.4, 0.5) is 5.69 Å². The summed E-state index contributed by atoms with van der Waals surface area (Å²) in [5, 5.41) is 11.2. The molecule has 0 saturated carbocycles. The average molecular weight is 277 g/mol. The van der Waals surface area contributed by atoms with Crippen molar-refractivity contribution in [1.29, 1.82) is 0 Å². The summed E-state index contributed by atoms with van der Waals surface area (Å²) in [6.45, 7) is 5.20. The third-order valence-corrected chi connectivity index (χ3v) is 2.92. The predicted molar refractivity (Wildman–Crippen MR) is 72.7 cm³/mol. The summed E-state index contributed by atoms with van der Waals surface area (Å²) in [4.78, 5) is 34.0. The lowest BCUT2D eigenvalue weighted by molar-refractivity contribution is -0.385. The molecule has 6 heteroatoms. The summed E-state index contributed by atoms with van der Waals surface area (Å²) in [6.07, 6.45) is 1.56. The van der Waals surface area contributed by atoms with Gasteiger partial charge in [-0.15, -0.1) is 6.58 Å². The van der Waals surface area contributed by atoms with Gasteiger partial charge >= 0.3 is 5.97 Å². The number of carbonyl (C=O) groups is 2. The third-order valence-electron chi connectivity index (χ3n) is 2.92. The number of ether oxygens (including phenoxy) is 1. The maximum Gasteiger partial charge on any atom is 0.344 e. The fourth-order valence-electron chi connectivity index (χ4n) is 1.94. The number of hydrogen-bond donors (Lipinski definition) is 0. The molecule has 0 aliphatic heterocycles. The summed E-state index contributed by atoms with van der Waals surface area (Å²) >= 11 is 0. The molecule has 0 saturated heterocycles. The predicted octanol–water partition coefficient (Wildman–Crippen LogP) is 2.63. The van der Waals surface area contributed by atoms with Gasteiger partial charge in [0.15, 0.2) is 0 Å². The van der Waals surface area contributed by atoms with E-state index in [-0.39, 0.29) is 23.3 Å². The number of allylic oxidation sites excluding steroid dienone is 1. The van der Waals surface area contributed by atoms with E-state index in [9.17, 15) is 19.7 Å². The van der Waals surface area contributed by atoms with E-state index < -0.39 is 22.5 Å².